The first-order chi connectivity index (χ1) is 10.8. The van der Waals surface area contributed by atoms with Crippen LogP contribution in [0.1, 0.15) is 6.92 Å². The molecule has 0 aliphatic carbocycles. The quantitative estimate of drug-likeness (QED) is 0.788. The van der Waals surface area contributed by atoms with Crippen LogP contribution in [0.2, 0.25) is 5.02 Å². The standard InChI is InChI=1S/C14H14ClNO6S/c1-9(17)21-8-11-4-7-13(18)14(22-11)16-23(19,20)12-5-2-10(15)3-6-12/h2-7,11,14,16H,8H2,1H3/t11-,14-/m0/s1. The SMILES string of the molecule is CC(=O)OC[C@@H]1C=CC(=O)[C@@H](NS(=O)(=O)c2ccc(Cl)cc2)O1. The van der Waals surface area contributed by atoms with Crippen molar-refractivity contribution in [2.75, 3.05) is 6.61 Å². The lowest BCUT2D eigenvalue weighted by Gasteiger charge is -2.25. The van der Waals surface area contributed by atoms with Crippen LogP contribution in [-0.4, -0.2) is 39.1 Å². The van der Waals surface area contributed by atoms with E-state index in [-0.39, 0.29) is 11.5 Å². The molecule has 0 bridgehead atoms. The smallest absolute Gasteiger partial charge is 0.302 e. The molecule has 0 saturated carbocycles. The number of nitrogens with one attached hydrogen (secondary N) is 1. The first-order valence-electron chi connectivity index (χ1n) is 6.57. The van der Waals surface area contributed by atoms with Crippen molar-refractivity contribution >= 4 is 33.4 Å². The fourth-order valence-electron chi connectivity index (χ4n) is 1.78. The van der Waals surface area contributed by atoms with Gasteiger partial charge in [-0.3, -0.25) is 9.59 Å². The number of carbonyl (C=O) groups is 2. The van der Waals surface area contributed by atoms with Gasteiger partial charge in [0.05, 0.1) is 4.90 Å². The van der Waals surface area contributed by atoms with Gasteiger partial charge in [-0.1, -0.05) is 11.6 Å². The van der Waals surface area contributed by atoms with Gasteiger partial charge in [0, 0.05) is 11.9 Å². The zero-order valence-corrected chi connectivity index (χ0v) is 13.6. The molecule has 1 heterocycles. The highest BCUT2D eigenvalue weighted by molar-refractivity contribution is 7.89. The summed E-state index contributed by atoms with van der Waals surface area (Å²) in [6.07, 6.45) is 0.487. The Morgan fingerprint density at radius 2 is 2.00 bits per heavy atom. The summed E-state index contributed by atoms with van der Waals surface area (Å²) in [6.45, 7) is 1.12. The van der Waals surface area contributed by atoms with Gasteiger partial charge in [-0.2, -0.15) is 4.72 Å². The number of ketones is 1. The van der Waals surface area contributed by atoms with Gasteiger partial charge in [-0.05, 0) is 36.4 Å². The molecule has 1 aromatic carbocycles. The molecule has 1 N–H and O–H groups in total. The van der Waals surface area contributed by atoms with E-state index in [0.29, 0.717) is 5.02 Å². The molecule has 0 saturated heterocycles. The maximum atomic E-state index is 12.2. The number of ether oxygens (including phenoxy) is 2. The Bertz CT molecular complexity index is 728. The van der Waals surface area contributed by atoms with Gasteiger partial charge >= 0.3 is 5.97 Å². The average molecular weight is 360 g/mol. The number of esters is 1. The third-order valence-corrected chi connectivity index (χ3v) is 4.55. The summed E-state index contributed by atoms with van der Waals surface area (Å²) in [6, 6.07) is 5.46. The van der Waals surface area contributed by atoms with E-state index in [1.54, 1.807) is 0 Å². The second-order valence-corrected chi connectivity index (χ2v) is 6.84. The first kappa shape index (κ1) is 17.6. The van der Waals surface area contributed by atoms with Crippen LogP contribution in [0.15, 0.2) is 41.3 Å². The second kappa shape index (κ2) is 7.22. The van der Waals surface area contributed by atoms with E-state index in [2.05, 4.69) is 4.72 Å². The summed E-state index contributed by atoms with van der Waals surface area (Å²) < 4.78 is 36.7. The molecule has 1 aliphatic rings. The average Bonchev–Trinajstić information content (AvgIpc) is 2.48. The van der Waals surface area contributed by atoms with Crippen molar-refractivity contribution < 1.29 is 27.5 Å². The predicted octanol–water partition coefficient (Wildman–Crippen LogP) is 1.03. The zero-order chi connectivity index (χ0) is 17.0. The van der Waals surface area contributed by atoms with Crippen molar-refractivity contribution in [3.8, 4) is 0 Å². The number of carbonyl (C=O) groups excluding carboxylic acids is 2. The molecule has 2 rings (SSSR count). The Kier molecular flexibility index (Phi) is 5.53. The van der Waals surface area contributed by atoms with Crippen LogP contribution in [0.5, 0.6) is 0 Å². The van der Waals surface area contributed by atoms with E-state index in [9.17, 15) is 18.0 Å². The Morgan fingerprint density at radius 1 is 1.35 bits per heavy atom. The Hall–Kier alpha value is -1.74. The molecule has 2 atom stereocenters. The monoisotopic (exact) mass is 359 g/mol. The van der Waals surface area contributed by atoms with Crippen molar-refractivity contribution in [3.05, 3.63) is 41.4 Å². The van der Waals surface area contributed by atoms with E-state index in [1.807, 2.05) is 0 Å². The number of benzene rings is 1. The van der Waals surface area contributed by atoms with Crippen LogP contribution in [-0.2, 0) is 29.1 Å². The van der Waals surface area contributed by atoms with E-state index in [4.69, 9.17) is 21.1 Å². The molecule has 23 heavy (non-hydrogen) atoms. The molecule has 0 spiro atoms. The third-order valence-electron chi connectivity index (χ3n) is 2.88. The lowest BCUT2D eigenvalue weighted by molar-refractivity contribution is -0.147. The minimum atomic E-state index is -3.96. The summed E-state index contributed by atoms with van der Waals surface area (Å²) >= 11 is 5.71. The van der Waals surface area contributed by atoms with Gasteiger partial charge in [0.15, 0.2) is 12.0 Å². The summed E-state index contributed by atoms with van der Waals surface area (Å²) in [5, 5.41) is 0.387. The van der Waals surface area contributed by atoms with Gasteiger partial charge in [0.25, 0.3) is 0 Å². The van der Waals surface area contributed by atoms with Crippen molar-refractivity contribution in [3.63, 3.8) is 0 Å². The van der Waals surface area contributed by atoms with Crippen LogP contribution >= 0.6 is 11.6 Å². The highest BCUT2D eigenvalue weighted by Gasteiger charge is 2.30. The molecule has 1 aliphatic heterocycles. The maximum absolute atomic E-state index is 12.2. The Labute approximate surface area is 138 Å². The van der Waals surface area contributed by atoms with Gasteiger partial charge in [0.1, 0.15) is 12.7 Å². The van der Waals surface area contributed by atoms with Crippen molar-refractivity contribution in [2.24, 2.45) is 0 Å². The third kappa shape index (κ3) is 4.87. The van der Waals surface area contributed by atoms with Gasteiger partial charge in [0.2, 0.25) is 10.0 Å². The molecule has 124 valence electrons. The fourth-order valence-corrected chi connectivity index (χ4v) is 2.99. The van der Waals surface area contributed by atoms with E-state index in [1.165, 1.54) is 43.3 Å². The molecule has 0 aromatic heterocycles. The van der Waals surface area contributed by atoms with Crippen LogP contribution in [0.4, 0.5) is 0 Å². The topological polar surface area (TPSA) is 98.8 Å². The van der Waals surface area contributed by atoms with Gasteiger partial charge in [-0.25, -0.2) is 8.42 Å². The molecule has 0 unspecified atom stereocenters. The lowest BCUT2D eigenvalue weighted by atomic mass is 10.2. The maximum Gasteiger partial charge on any atom is 0.302 e. The lowest BCUT2D eigenvalue weighted by Crippen LogP contribution is -2.46. The number of rotatable bonds is 5. The summed E-state index contributed by atoms with van der Waals surface area (Å²) in [7, 11) is -3.96. The van der Waals surface area contributed by atoms with Crippen molar-refractivity contribution in [1.82, 2.24) is 4.72 Å². The van der Waals surface area contributed by atoms with E-state index < -0.39 is 34.1 Å². The van der Waals surface area contributed by atoms with Crippen molar-refractivity contribution in [1.29, 1.82) is 0 Å². The highest BCUT2D eigenvalue weighted by atomic mass is 35.5. The summed E-state index contributed by atoms with van der Waals surface area (Å²) in [5.41, 5.74) is 0. The Morgan fingerprint density at radius 3 is 2.61 bits per heavy atom. The van der Waals surface area contributed by atoms with Gasteiger partial charge < -0.3 is 9.47 Å². The zero-order valence-electron chi connectivity index (χ0n) is 12.1. The van der Waals surface area contributed by atoms with E-state index >= 15 is 0 Å². The van der Waals surface area contributed by atoms with E-state index in [0.717, 1.165) is 0 Å². The normalized spacial score (nSPS) is 21.2. The van der Waals surface area contributed by atoms with Gasteiger partial charge in [-0.15, -0.1) is 0 Å². The number of halogens is 1. The Balaban J connectivity index is 2.08. The molecule has 1 aromatic rings. The largest absolute Gasteiger partial charge is 0.463 e. The van der Waals surface area contributed by atoms with Crippen LogP contribution in [0.3, 0.4) is 0 Å². The minimum Gasteiger partial charge on any atom is -0.463 e. The number of hydrogen-bond donors (Lipinski definition) is 1. The van der Waals surface area contributed by atoms with Crippen LogP contribution < -0.4 is 4.72 Å². The highest BCUT2D eigenvalue weighted by Crippen LogP contribution is 2.16. The number of sulfonamides is 1. The fraction of sp³-hybridized carbons (Fsp3) is 0.286. The molecular weight excluding hydrogens is 346 g/mol. The summed E-state index contributed by atoms with van der Waals surface area (Å²) in [5.74, 6) is -1.06. The first-order valence-corrected chi connectivity index (χ1v) is 8.43. The molecule has 0 amide bonds. The number of hydrogen-bond acceptors (Lipinski definition) is 6. The minimum absolute atomic E-state index is 0.0515. The summed E-state index contributed by atoms with van der Waals surface area (Å²) in [4.78, 5) is 22.5. The molecule has 9 heteroatoms. The molecule has 0 radical (unpaired) electrons. The van der Waals surface area contributed by atoms with Crippen molar-refractivity contribution in [2.45, 2.75) is 24.2 Å². The second-order valence-electron chi connectivity index (χ2n) is 4.69. The molecule has 0 fully saturated rings. The predicted molar refractivity (Wildman–Crippen MR) is 81.2 cm³/mol. The van der Waals surface area contributed by atoms with Crippen LogP contribution in [0, 0.1) is 0 Å². The molecular formula is C14H14ClNO6S. The molecule has 7 nitrogen and oxygen atoms in total. The van der Waals surface area contributed by atoms with Crippen LogP contribution in [0.25, 0.3) is 0 Å².